The summed E-state index contributed by atoms with van der Waals surface area (Å²) in [7, 11) is 1.09. The first-order valence-electron chi connectivity index (χ1n) is 11.6. The van der Waals surface area contributed by atoms with Gasteiger partial charge in [-0.05, 0) is 48.6 Å². The fourth-order valence-corrected chi connectivity index (χ4v) is 4.85. The van der Waals surface area contributed by atoms with Crippen LogP contribution >= 0.6 is 0 Å². The predicted octanol–water partition coefficient (Wildman–Crippen LogP) is 4.77. The van der Waals surface area contributed by atoms with Crippen molar-refractivity contribution >= 4 is 16.6 Å². The number of nitriles is 1. The van der Waals surface area contributed by atoms with E-state index in [1.54, 1.807) is 55.1 Å². The summed E-state index contributed by atoms with van der Waals surface area (Å²) >= 11 is 0. The molecule has 200 valence electrons. The monoisotopic (exact) mass is 552 g/mol. The summed E-state index contributed by atoms with van der Waals surface area (Å²) in [4.78, 5) is 27.7. The summed E-state index contributed by atoms with van der Waals surface area (Å²) in [6, 6.07) is 13.3. The fourth-order valence-electron chi connectivity index (χ4n) is 4.09. The summed E-state index contributed by atoms with van der Waals surface area (Å²) in [6.07, 6.45) is 1.90. The lowest BCUT2D eigenvalue weighted by atomic mass is 9.99. The van der Waals surface area contributed by atoms with Crippen LogP contribution < -0.4 is 10.7 Å². The summed E-state index contributed by atoms with van der Waals surface area (Å²) < 4.78 is 47.2. The number of hydrogen-bond acceptors (Lipinski definition) is 5. The van der Waals surface area contributed by atoms with E-state index >= 15 is 0 Å². The van der Waals surface area contributed by atoms with Crippen molar-refractivity contribution in [2.45, 2.75) is 24.5 Å². The molecular formula is C27H23F3N6O2S. The van der Waals surface area contributed by atoms with Gasteiger partial charge in [0, 0.05) is 42.0 Å². The molecule has 0 saturated heterocycles. The molecule has 1 atom stereocenters. The van der Waals surface area contributed by atoms with Gasteiger partial charge in [0.2, 0.25) is 11.6 Å². The number of aryl methyl sites for hydroxylation is 1. The van der Waals surface area contributed by atoms with E-state index in [9.17, 15) is 22.8 Å². The molecule has 1 amide bonds. The molecule has 0 aliphatic carbocycles. The number of pyridine rings is 1. The molecule has 2 heterocycles. The SMILES string of the molecule is Cc1c(-c2cccc(C(F)(F)F)c2)c(=O)c(C(=O)NCc2ccc(S(C)=NC#N)cc2)cn1-c1ccnn1C. The molecule has 0 fully saturated rings. The maximum atomic E-state index is 13.6. The highest BCUT2D eigenvalue weighted by molar-refractivity contribution is 7.86. The molecule has 0 radical (unpaired) electrons. The van der Waals surface area contributed by atoms with E-state index in [1.165, 1.54) is 29.2 Å². The first-order valence-corrected chi connectivity index (χ1v) is 13.2. The highest BCUT2D eigenvalue weighted by Gasteiger charge is 2.31. The Hall–Kier alpha value is -4.50. The second kappa shape index (κ2) is 11.1. The minimum absolute atomic E-state index is 0.0180. The Kier molecular flexibility index (Phi) is 7.83. The predicted molar refractivity (Wildman–Crippen MR) is 141 cm³/mol. The van der Waals surface area contributed by atoms with Crippen molar-refractivity contribution in [3.05, 3.63) is 99.6 Å². The highest BCUT2D eigenvalue weighted by atomic mass is 32.2. The zero-order valence-corrected chi connectivity index (χ0v) is 22.0. The van der Waals surface area contributed by atoms with Crippen LogP contribution in [0.4, 0.5) is 13.2 Å². The molecule has 4 rings (SSSR count). The number of hydrogen-bond donors (Lipinski definition) is 1. The average Bonchev–Trinajstić information content (AvgIpc) is 3.33. The van der Waals surface area contributed by atoms with Crippen molar-refractivity contribution in [1.82, 2.24) is 19.7 Å². The molecule has 4 aromatic rings. The largest absolute Gasteiger partial charge is 0.416 e. The van der Waals surface area contributed by atoms with Crippen molar-refractivity contribution in [2.75, 3.05) is 6.26 Å². The average molecular weight is 553 g/mol. The van der Waals surface area contributed by atoms with Gasteiger partial charge in [0.25, 0.3) is 5.91 Å². The quantitative estimate of drug-likeness (QED) is 0.348. The van der Waals surface area contributed by atoms with Crippen molar-refractivity contribution in [2.24, 2.45) is 11.4 Å². The third-order valence-electron chi connectivity index (χ3n) is 6.11. The third-order valence-corrected chi connectivity index (χ3v) is 7.42. The van der Waals surface area contributed by atoms with Gasteiger partial charge in [-0.25, -0.2) is 0 Å². The number of carbonyl (C=O) groups excluding carboxylic acids is 1. The van der Waals surface area contributed by atoms with E-state index < -0.39 is 33.8 Å². The molecule has 0 aliphatic heterocycles. The Bertz CT molecular complexity index is 1680. The highest BCUT2D eigenvalue weighted by Crippen LogP contribution is 2.32. The van der Waals surface area contributed by atoms with Gasteiger partial charge in [-0.15, -0.1) is 4.36 Å². The molecule has 39 heavy (non-hydrogen) atoms. The van der Waals surface area contributed by atoms with Crippen molar-refractivity contribution in [3.8, 4) is 23.1 Å². The molecule has 0 saturated carbocycles. The van der Waals surface area contributed by atoms with Crippen LogP contribution in [0.15, 0.2) is 81.0 Å². The second-order valence-corrected chi connectivity index (χ2v) is 10.2. The summed E-state index contributed by atoms with van der Waals surface area (Å²) in [6.45, 7) is 1.71. The standard InChI is InChI=1S/C27H23F3N6O2S/c1-17-24(19-5-4-6-20(13-19)27(28,29)30)25(37)22(15-36(17)23-11-12-33-35(23)2)26(38)32-14-18-7-9-21(10-8-18)39(3)34-16-31/h4-13,15H,14H2,1-3H3,(H,32,38). The normalized spacial score (nSPS) is 12.2. The van der Waals surface area contributed by atoms with Crippen LogP contribution in [0.2, 0.25) is 0 Å². The van der Waals surface area contributed by atoms with Crippen LogP contribution in [0.3, 0.4) is 0 Å². The number of nitrogens with one attached hydrogen (secondary N) is 1. The molecule has 0 bridgehead atoms. The second-order valence-electron chi connectivity index (χ2n) is 8.59. The molecule has 2 aromatic heterocycles. The number of aromatic nitrogens is 3. The summed E-state index contributed by atoms with van der Waals surface area (Å²) in [5.74, 6) is -0.161. The topological polar surface area (TPSA) is 105 Å². The number of rotatable bonds is 6. The van der Waals surface area contributed by atoms with E-state index in [0.717, 1.165) is 22.6 Å². The van der Waals surface area contributed by atoms with E-state index in [-0.39, 0.29) is 23.2 Å². The van der Waals surface area contributed by atoms with Gasteiger partial charge in [-0.1, -0.05) is 35.0 Å². The lowest BCUT2D eigenvalue weighted by molar-refractivity contribution is -0.137. The Labute approximate surface area is 224 Å². The number of benzene rings is 2. The molecular weight excluding hydrogens is 529 g/mol. The Morgan fingerprint density at radius 2 is 1.90 bits per heavy atom. The Morgan fingerprint density at radius 1 is 1.18 bits per heavy atom. The van der Waals surface area contributed by atoms with E-state index in [2.05, 4.69) is 14.8 Å². The van der Waals surface area contributed by atoms with E-state index in [1.807, 2.05) is 6.26 Å². The van der Waals surface area contributed by atoms with Gasteiger partial charge < -0.3 is 9.88 Å². The maximum Gasteiger partial charge on any atom is 0.416 e. The number of halogens is 3. The number of nitrogens with zero attached hydrogens (tertiary/aromatic N) is 5. The van der Waals surface area contributed by atoms with Gasteiger partial charge in [-0.3, -0.25) is 14.3 Å². The number of amides is 1. The van der Waals surface area contributed by atoms with Crippen LogP contribution in [0.5, 0.6) is 0 Å². The smallest absolute Gasteiger partial charge is 0.348 e. The molecule has 1 N–H and O–H groups in total. The Balaban J connectivity index is 1.75. The third kappa shape index (κ3) is 5.83. The maximum absolute atomic E-state index is 13.6. The molecule has 8 nitrogen and oxygen atoms in total. The zero-order valence-electron chi connectivity index (χ0n) is 21.2. The van der Waals surface area contributed by atoms with Crippen molar-refractivity contribution < 1.29 is 18.0 Å². The van der Waals surface area contributed by atoms with Crippen LogP contribution in [0.25, 0.3) is 16.9 Å². The van der Waals surface area contributed by atoms with Gasteiger partial charge in [0.1, 0.15) is 11.4 Å². The van der Waals surface area contributed by atoms with Crippen LogP contribution in [0, 0.1) is 18.4 Å². The zero-order chi connectivity index (χ0) is 28.3. The number of alkyl halides is 3. The lowest BCUT2D eigenvalue weighted by Gasteiger charge is -2.18. The molecule has 0 aliphatic rings. The van der Waals surface area contributed by atoms with Crippen molar-refractivity contribution in [1.29, 1.82) is 5.26 Å². The molecule has 1 unspecified atom stereocenters. The summed E-state index contributed by atoms with van der Waals surface area (Å²) in [5.41, 5.74) is -0.686. The van der Waals surface area contributed by atoms with Gasteiger partial charge >= 0.3 is 6.18 Å². The minimum Gasteiger partial charge on any atom is -0.348 e. The van der Waals surface area contributed by atoms with Gasteiger partial charge in [0.15, 0.2) is 0 Å². The van der Waals surface area contributed by atoms with Crippen LogP contribution in [0.1, 0.15) is 27.2 Å². The Morgan fingerprint density at radius 3 is 2.51 bits per heavy atom. The minimum atomic E-state index is -4.60. The van der Waals surface area contributed by atoms with Crippen molar-refractivity contribution in [3.63, 3.8) is 0 Å². The van der Waals surface area contributed by atoms with Crippen LogP contribution in [-0.2, 0) is 30.5 Å². The van der Waals surface area contributed by atoms with E-state index in [4.69, 9.17) is 5.26 Å². The molecule has 0 spiro atoms. The molecule has 12 heteroatoms. The lowest BCUT2D eigenvalue weighted by Crippen LogP contribution is -2.31. The van der Waals surface area contributed by atoms with Gasteiger partial charge in [0.05, 0.1) is 11.8 Å². The first-order chi connectivity index (χ1) is 18.5. The summed E-state index contributed by atoms with van der Waals surface area (Å²) in [5, 5.41) is 15.6. The number of carbonyl (C=O) groups is 1. The first kappa shape index (κ1) is 27.5. The van der Waals surface area contributed by atoms with Gasteiger partial charge in [-0.2, -0.15) is 23.5 Å². The molecule has 2 aromatic carbocycles. The van der Waals surface area contributed by atoms with E-state index in [0.29, 0.717) is 11.5 Å². The van der Waals surface area contributed by atoms with Crippen LogP contribution in [-0.4, -0.2) is 26.5 Å². The fraction of sp³-hybridized carbons (Fsp3) is 0.185.